The molecule has 4 fully saturated rings. The molecule has 2 aliphatic carbocycles. The molecule has 0 radical (unpaired) electrons. The van der Waals surface area contributed by atoms with Crippen molar-refractivity contribution in [3.8, 4) is 0 Å². The lowest BCUT2D eigenvalue weighted by molar-refractivity contribution is -0.143. The zero-order valence-corrected chi connectivity index (χ0v) is 30.3. The number of nitrogens with two attached hydrogens (primary N) is 1. The standard InChI is InChI=1S/C37H54N6O6/c1-33(2,3)27(40-32(49)41-34(4,5)6)31(48)43-21-36(18-25(43)29(46)39-24(26(44)28(38)45)17-22-13-12-14-22)35(7,8)37(36)19-42(20-37)30(47)23-15-10-9-11-16-23/h9-11,15-16,22,24-25,27H,12-14,17-21H2,1-8H3,(H2,38,45)(H,39,46)(H2,40,41,49)/t24?,25-,27+,36+/m0/s1. The van der Waals surface area contributed by atoms with Gasteiger partial charge in [-0.05, 0) is 62.5 Å². The molecule has 0 bridgehead atoms. The number of amides is 6. The first-order valence-corrected chi connectivity index (χ1v) is 17.5. The molecule has 12 nitrogen and oxygen atoms in total. The highest BCUT2D eigenvalue weighted by molar-refractivity contribution is 6.37. The lowest BCUT2D eigenvalue weighted by Crippen LogP contribution is -2.61. The van der Waals surface area contributed by atoms with E-state index >= 15 is 0 Å². The van der Waals surface area contributed by atoms with Crippen molar-refractivity contribution in [1.29, 1.82) is 0 Å². The van der Waals surface area contributed by atoms with Crippen molar-refractivity contribution < 1.29 is 28.8 Å². The number of hydrogen-bond acceptors (Lipinski definition) is 6. The van der Waals surface area contributed by atoms with Crippen LogP contribution >= 0.6 is 0 Å². The number of ketones is 1. The van der Waals surface area contributed by atoms with Crippen LogP contribution in [-0.4, -0.2) is 88.5 Å². The largest absolute Gasteiger partial charge is 0.363 e. The molecule has 4 aliphatic rings. The number of primary amides is 1. The van der Waals surface area contributed by atoms with Gasteiger partial charge in [-0.1, -0.05) is 72.1 Å². The Bertz CT molecular complexity index is 1520. The lowest BCUT2D eigenvalue weighted by atomic mass is 9.80. The van der Waals surface area contributed by atoms with Crippen molar-refractivity contribution in [3.05, 3.63) is 35.9 Å². The molecule has 5 N–H and O–H groups in total. The van der Waals surface area contributed by atoms with Crippen LogP contribution in [0.4, 0.5) is 4.79 Å². The van der Waals surface area contributed by atoms with Crippen LogP contribution in [0.3, 0.4) is 0 Å². The van der Waals surface area contributed by atoms with Crippen molar-refractivity contribution in [1.82, 2.24) is 25.8 Å². The molecule has 49 heavy (non-hydrogen) atoms. The number of nitrogens with zero attached hydrogens (tertiary/aromatic N) is 2. The Morgan fingerprint density at radius 2 is 1.51 bits per heavy atom. The number of fused-ring (bicyclic) bond motifs is 1. The van der Waals surface area contributed by atoms with Crippen molar-refractivity contribution in [2.24, 2.45) is 33.3 Å². The van der Waals surface area contributed by atoms with E-state index in [1.54, 1.807) is 17.0 Å². The molecule has 1 aromatic carbocycles. The molecule has 268 valence electrons. The second kappa shape index (κ2) is 12.4. The van der Waals surface area contributed by atoms with Crippen LogP contribution < -0.4 is 21.7 Å². The van der Waals surface area contributed by atoms with Gasteiger partial charge in [-0.2, -0.15) is 0 Å². The average Bonchev–Trinajstić information content (AvgIpc) is 3.18. The summed E-state index contributed by atoms with van der Waals surface area (Å²) < 4.78 is 0. The first kappa shape index (κ1) is 36.3. The second-order valence-corrected chi connectivity index (χ2v) is 17.5. The highest BCUT2D eigenvalue weighted by Gasteiger charge is 2.87. The third-order valence-corrected chi connectivity index (χ3v) is 12.0. The maximum absolute atomic E-state index is 14.7. The summed E-state index contributed by atoms with van der Waals surface area (Å²) in [4.78, 5) is 83.7. The molecule has 2 saturated carbocycles. The molecule has 5 rings (SSSR count). The van der Waals surface area contributed by atoms with E-state index in [1.165, 1.54) is 0 Å². The quantitative estimate of drug-likeness (QED) is 0.293. The van der Waals surface area contributed by atoms with E-state index in [4.69, 9.17) is 5.73 Å². The van der Waals surface area contributed by atoms with Gasteiger partial charge >= 0.3 is 6.03 Å². The van der Waals surface area contributed by atoms with E-state index in [2.05, 4.69) is 29.8 Å². The van der Waals surface area contributed by atoms with Crippen molar-refractivity contribution in [2.75, 3.05) is 19.6 Å². The van der Waals surface area contributed by atoms with E-state index in [-0.39, 0.29) is 29.2 Å². The Morgan fingerprint density at radius 1 is 0.898 bits per heavy atom. The topological polar surface area (TPSA) is 171 Å². The number of Topliss-reactive ketones (excluding diaryl/α,β-unsaturated/α-hetero) is 1. The molecule has 2 heterocycles. The van der Waals surface area contributed by atoms with Crippen molar-refractivity contribution in [3.63, 3.8) is 0 Å². The van der Waals surface area contributed by atoms with Gasteiger partial charge in [0.15, 0.2) is 0 Å². The Balaban J connectivity index is 1.45. The molecule has 4 atom stereocenters. The smallest absolute Gasteiger partial charge is 0.315 e. The Morgan fingerprint density at radius 3 is 2.02 bits per heavy atom. The van der Waals surface area contributed by atoms with Crippen LogP contribution in [0.2, 0.25) is 0 Å². The molecule has 2 aliphatic heterocycles. The van der Waals surface area contributed by atoms with Crippen molar-refractivity contribution >= 4 is 35.4 Å². The predicted molar refractivity (Wildman–Crippen MR) is 184 cm³/mol. The number of benzene rings is 1. The van der Waals surface area contributed by atoms with Gasteiger partial charge in [-0.25, -0.2) is 4.79 Å². The van der Waals surface area contributed by atoms with E-state index in [9.17, 15) is 28.8 Å². The average molecular weight is 679 g/mol. The van der Waals surface area contributed by atoms with E-state index in [1.807, 2.05) is 64.6 Å². The first-order valence-electron chi connectivity index (χ1n) is 17.5. The first-order chi connectivity index (χ1) is 22.6. The maximum Gasteiger partial charge on any atom is 0.315 e. The molecule has 0 aromatic heterocycles. The summed E-state index contributed by atoms with van der Waals surface area (Å²) in [6.07, 6.45) is 3.45. The van der Waals surface area contributed by atoms with Gasteiger partial charge in [0.2, 0.25) is 17.6 Å². The van der Waals surface area contributed by atoms with Gasteiger partial charge < -0.3 is 31.5 Å². The fraction of sp³-hybridized carbons (Fsp3) is 0.676. The van der Waals surface area contributed by atoms with Crippen LogP contribution in [0.5, 0.6) is 0 Å². The third kappa shape index (κ3) is 6.43. The zero-order valence-electron chi connectivity index (χ0n) is 30.3. The molecular weight excluding hydrogens is 624 g/mol. The molecule has 2 saturated heterocycles. The summed E-state index contributed by atoms with van der Waals surface area (Å²) in [7, 11) is 0. The van der Waals surface area contributed by atoms with Crippen LogP contribution in [0.1, 0.15) is 97.9 Å². The summed E-state index contributed by atoms with van der Waals surface area (Å²) in [5.41, 5.74) is 3.58. The molecule has 12 heteroatoms. The fourth-order valence-electron chi connectivity index (χ4n) is 8.70. The minimum Gasteiger partial charge on any atom is -0.363 e. The molecule has 6 amide bonds. The highest BCUT2D eigenvalue weighted by atomic mass is 16.2. The summed E-state index contributed by atoms with van der Waals surface area (Å²) in [6, 6.07) is 5.58. The van der Waals surface area contributed by atoms with Gasteiger partial charge in [0, 0.05) is 41.6 Å². The monoisotopic (exact) mass is 678 g/mol. The summed E-state index contributed by atoms with van der Waals surface area (Å²) in [6.45, 7) is 16.6. The molecule has 1 unspecified atom stereocenters. The van der Waals surface area contributed by atoms with Gasteiger partial charge in [0.1, 0.15) is 12.1 Å². The number of urea groups is 1. The molecule has 1 aromatic rings. The molecule has 2 spiro atoms. The number of carbonyl (C=O) groups is 6. The van der Waals surface area contributed by atoms with Crippen LogP contribution in [0.25, 0.3) is 0 Å². The highest BCUT2D eigenvalue weighted by Crippen LogP contribution is 2.84. The maximum atomic E-state index is 14.7. The Labute approximate surface area is 289 Å². The summed E-state index contributed by atoms with van der Waals surface area (Å²) in [5.74, 6) is -2.75. The SMILES string of the molecule is CC(C)(C)NC(=O)N[C@H](C(=O)N1C[C@]2(C[C@H]1C(=O)NC(CC1CCC1)C(=O)C(N)=O)C(C)(C)C21CN(C(=O)c2ccccc2)C1)C(C)(C)C. The summed E-state index contributed by atoms with van der Waals surface area (Å²) >= 11 is 0. The predicted octanol–water partition coefficient (Wildman–Crippen LogP) is 3.00. The Kier molecular flexibility index (Phi) is 9.21. The van der Waals surface area contributed by atoms with Gasteiger partial charge in [0.05, 0.1) is 6.04 Å². The van der Waals surface area contributed by atoms with Crippen LogP contribution in [0.15, 0.2) is 30.3 Å². The second-order valence-electron chi connectivity index (χ2n) is 17.5. The number of hydrogen-bond donors (Lipinski definition) is 4. The number of nitrogens with one attached hydrogen (secondary N) is 3. The number of likely N-dealkylation sites (tertiary alicyclic amines) is 2. The van der Waals surface area contributed by atoms with Gasteiger partial charge in [0.25, 0.3) is 11.8 Å². The van der Waals surface area contributed by atoms with Crippen LogP contribution in [0, 0.1) is 27.6 Å². The van der Waals surface area contributed by atoms with Gasteiger partial charge in [-0.3, -0.25) is 24.0 Å². The van der Waals surface area contributed by atoms with E-state index in [0.717, 1.165) is 19.3 Å². The normalized spacial score (nSPS) is 25.1. The van der Waals surface area contributed by atoms with E-state index < -0.39 is 64.0 Å². The molecular formula is C37H54N6O6. The minimum atomic E-state index is -1.11. The van der Waals surface area contributed by atoms with E-state index in [0.29, 0.717) is 31.5 Å². The Hall–Kier alpha value is -3.96. The lowest BCUT2D eigenvalue weighted by Gasteiger charge is -2.44. The number of rotatable bonds is 9. The van der Waals surface area contributed by atoms with Crippen molar-refractivity contribution in [2.45, 2.75) is 111 Å². The van der Waals surface area contributed by atoms with Crippen LogP contribution in [-0.2, 0) is 19.2 Å². The summed E-state index contributed by atoms with van der Waals surface area (Å²) in [5, 5.41) is 8.57. The minimum absolute atomic E-state index is 0.0602. The number of carbonyl (C=O) groups excluding carboxylic acids is 6. The third-order valence-electron chi connectivity index (χ3n) is 12.0. The zero-order chi connectivity index (χ0) is 36.3. The fourth-order valence-corrected chi connectivity index (χ4v) is 8.70. The van der Waals surface area contributed by atoms with Gasteiger partial charge in [-0.15, -0.1) is 0 Å².